The number of likely N-dealkylation sites (N-methyl/N-ethyl adjacent to an activating group) is 1. The zero-order valence-electron chi connectivity index (χ0n) is 11.5. The van der Waals surface area contributed by atoms with Crippen molar-refractivity contribution in [2.24, 2.45) is 5.41 Å². The predicted octanol–water partition coefficient (Wildman–Crippen LogP) is 2.07. The minimum atomic E-state index is -0.987. The molecule has 0 heterocycles. The number of urea groups is 1. The number of rotatable bonds is 5. The molecular weight excluding hydrogens is 232 g/mol. The molecule has 1 aliphatic rings. The molecule has 1 atom stereocenters. The van der Waals surface area contributed by atoms with Crippen molar-refractivity contribution >= 4 is 12.0 Å². The van der Waals surface area contributed by atoms with Crippen molar-refractivity contribution in [3.63, 3.8) is 0 Å². The smallest absolute Gasteiger partial charge is 0.326 e. The van der Waals surface area contributed by atoms with Crippen LogP contribution in [-0.4, -0.2) is 41.6 Å². The minimum Gasteiger partial charge on any atom is -0.480 e. The van der Waals surface area contributed by atoms with Crippen LogP contribution in [-0.2, 0) is 4.79 Å². The van der Waals surface area contributed by atoms with E-state index >= 15 is 0 Å². The van der Waals surface area contributed by atoms with Crippen LogP contribution in [0, 0.1) is 5.41 Å². The number of hydrogen-bond acceptors (Lipinski definition) is 2. The normalized spacial score (nSPS) is 19.3. The second-order valence-corrected chi connectivity index (χ2v) is 5.34. The lowest BCUT2D eigenvalue weighted by atomic mass is 9.83. The first-order valence-electron chi connectivity index (χ1n) is 6.65. The van der Waals surface area contributed by atoms with E-state index in [1.807, 2.05) is 0 Å². The van der Waals surface area contributed by atoms with Gasteiger partial charge in [-0.15, -0.1) is 0 Å². The zero-order valence-corrected chi connectivity index (χ0v) is 11.5. The second kappa shape index (κ2) is 6.07. The molecular formula is C13H24N2O3. The summed E-state index contributed by atoms with van der Waals surface area (Å²) >= 11 is 0. The van der Waals surface area contributed by atoms with Gasteiger partial charge in [-0.2, -0.15) is 0 Å². The van der Waals surface area contributed by atoms with Crippen molar-refractivity contribution in [1.29, 1.82) is 0 Å². The highest BCUT2D eigenvalue weighted by atomic mass is 16.4. The van der Waals surface area contributed by atoms with E-state index in [1.54, 1.807) is 0 Å². The summed E-state index contributed by atoms with van der Waals surface area (Å²) in [5.41, 5.74) is 0.225. The predicted molar refractivity (Wildman–Crippen MR) is 69.5 cm³/mol. The molecule has 1 aliphatic carbocycles. The SMILES string of the molecule is CCC1(CNC(=O)N(C)C(C)C(=O)O)CCCC1. The second-order valence-electron chi connectivity index (χ2n) is 5.34. The van der Waals surface area contributed by atoms with Crippen LogP contribution in [0.1, 0.15) is 46.0 Å². The highest BCUT2D eigenvalue weighted by Gasteiger charge is 2.33. The van der Waals surface area contributed by atoms with E-state index in [9.17, 15) is 9.59 Å². The van der Waals surface area contributed by atoms with Crippen LogP contribution in [0.5, 0.6) is 0 Å². The van der Waals surface area contributed by atoms with Gasteiger partial charge in [0.1, 0.15) is 6.04 Å². The fourth-order valence-electron chi connectivity index (χ4n) is 2.51. The summed E-state index contributed by atoms with van der Waals surface area (Å²) in [6.07, 6.45) is 5.82. The molecule has 1 rings (SSSR count). The monoisotopic (exact) mass is 256 g/mol. The lowest BCUT2D eigenvalue weighted by Crippen LogP contribution is -2.48. The van der Waals surface area contributed by atoms with Gasteiger partial charge in [-0.05, 0) is 31.6 Å². The summed E-state index contributed by atoms with van der Waals surface area (Å²) in [7, 11) is 1.52. The molecule has 0 bridgehead atoms. The number of nitrogens with one attached hydrogen (secondary N) is 1. The Balaban J connectivity index is 2.47. The van der Waals surface area contributed by atoms with Crippen molar-refractivity contribution in [3.05, 3.63) is 0 Å². The summed E-state index contributed by atoms with van der Waals surface area (Å²) in [5.74, 6) is -0.987. The average molecular weight is 256 g/mol. The van der Waals surface area contributed by atoms with Crippen LogP contribution < -0.4 is 5.32 Å². The van der Waals surface area contributed by atoms with Crippen LogP contribution in [0.3, 0.4) is 0 Å². The molecule has 5 heteroatoms. The van der Waals surface area contributed by atoms with Crippen LogP contribution in [0.25, 0.3) is 0 Å². The zero-order chi connectivity index (χ0) is 13.8. The van der Waals surface area contributed by atoms with Crippen molar-refractivity contribution < 1.29 is 14.7 Å². The van der Waals surface area contributed by atoms with Crippen molar-refractivity contribution in [2.45, 2.75) is 52.0 Å². The first-order chi connectivity index (χ1) is 8.42. The average Bonchev–Trinajstić information content (AvgIpc) is 2.83. The van der Waals surface area contributed by atoms with E-state index in [2.05, 4.69) is 12.2 Å². The van der Waals surface area contributed by atoms with E-state index in [1.165, 1.54) is 31.7 Å². The fraction of sp³-hybridized carbons (Fsp3) is 0.846. The number of amides is 2. The molecule has 0 aromatic rings. The first-order valence-corrected chi connectivity index (χ1v) is 6.65. The molecule has 2 amide bonds. The van der Waals surface area contributed by atoms with Gasteiger partial charge in [-0.1, -0.05) is 19.8 Å². The standard InChI is InChI=1S/C13H24N2O3/c1-4-13(7-5-6-8-13)9-14-12(18)15(3)10(2)11(16)17/h10H,4-9H2,1-3H3,(H,14,18)(H,16,17). The van der Waals surface area contributed by atoms with Crippen LogP contribution in [0.4, 0.5) is 4.79 Å². The number of carboxylic acids is 1. The number of carboxylic acid groups (broad SMARTS) is 1. The Morgan fingerprint density at radius 3 is 2.39 bits per heavy atom. The maximum absolute atomic E-state index is 11.9. The molecule has 1 saturated carbocycles. The van der Waals surface area contributed by atoms with Crippen LogP contribution in [0.15, 0.2) is 0 Å². The fourth-order valence-corrected chi connectivity index (χ4v) is 2.51. The Bertz CT molecular complexity index is 311. The highest BCUT2D eigenvalue weighted by molar-refractivity contribution is 5.82. The molecule has 104 valence electrons. The number of carbonyl (C=O) groups excluding carboxylic acids is 1. The quantitative estimate of drug-likeness (QED) is 0.791. The maximum Gasteiger partial charge on any atom is 0.326 e. The third kappa shape index (κ3) is 3.37. The molecule has 0 spiro atoms. The van der Waals surface area contributed by atoms with E-state index < -0.39 is 12.0 Å². The van der Waals surface area contributed by atoms with Gasteiger partial charge in [-0.25, -0.2) is 9.59 Å². The van der Waals surface area contributed by atoms with Crippen molar-refractivity contribution in [1.82, 2.24) is 10.2 Å². The van der Waals surface area contributed by atoms with Crippen LogP contribution >= 0.6 is 0 Å². The molecule has 0 aliphatic heterocycles. The molecule has 1 unspecified atom stereocenters. The molecule has 0 radical (unpaired) electrons. The lowest BCUT2D eigenvalue weighted by molar-refractivity contribution is -0.141. The Morgan fingerprint density at radius 1 is 1.39 bits per heavy atom. The topological polar surface area (TPSA) is 69.6 Å². The molecule has 0 aromatic carbocycles. The maximum atomic E-state index is 11.9. The number of nitrogens with zero attached hydrogens (tertiary/aromatic N) is 1. The Hall–Kier alpha value is -1.26. The van der Waals surface area contributed by atoms with Gasteiger partial charge in [0.05, 0.1) is 0 Å². The van der Waals surface area contributed by atoms with Crippen molar-refractivity contribution in [3.8, 4) is 0 Å². The summed E-state index contributed by atoms with van der Waals surface area (Å²) < 4.78 is 0. The highest BCUT2D eigenvalue weighted by Crippen LogP contribution is 2.40. The third-order valence-electron chi connectivity index (χ3n) is 4.29. The Labute approximate surface area is 109 Å². The summed E-state index contributed by atoms with van der Waals surface area (Å²) in [4.78, 5) is 23.9. The largest absolute Gasteiger partial charge is 0.480 e. The van der Waals surface area contributed by atoms with E-state index in [4.69, 9.17) is 5.11 Å². The molecule has 0 saturated heterocycles. The lowest BCUT2D eigenvalue weighted by Gasteiger charge is -2.30. The third-order valence-corrected chi connectivity index (χ3v) is 4.29. The molecule has 2 N–H and O–H groups in total. The summed E-state index contributed by atoms with van der Waals surface area (Å²) in [6, 6.07) is -1.10. The van der Waals surface area contributed by atoms with E-state index in [0.717, 1.165) is 19.3 Å². The number of carbonyl (C=O) groups is 2. The minimum absolute atomic E-state index is 0.225. The van der Waals surface area contributed by atoms with Gasteiger partial charge in [0.15, 0.2) is 0 Å². The van der Waals surface area contributed by atoms with Gasteiger partial charge in [0.2, 0.25) is 0 Å². The molecule has 18 heavy (non-hydrogen) atoms. The Kier molecular flexibility index (Phi) is 4.99. The number of hydrogen-bond donors (Lipinski definition) is 2. The molecule has 0 aromatic heterocycles. The summed E-state index contributed by atoms with van der Waals surface area (Å²) in [5, 5.41) is 11.7. The number of aliphatic carboxylic acids is 1. The summed E-state index contributed by atoms with van der Waals surface area (Å²) in [6.45, 7) is 4.31. The van der Waals surface area contributed by atoms with Gasteiger partial charge < -0.3 is 15.3 Å². The molecule has 5 nitrogen and oxygen atoms in total. The van der Waals surface area contributed by atoms with Gasteiger partial charge in [0.25, 0.3) is 0 Å². The van der Waals surface area contributed by atoms with E-state index in [-0.39, 0.29) is 11.4 Å². The van der Waals surface area contributed by atoms with Crippen LogP contribution in [0.2, 0.25) is 0 Å². The molecule has 1 fully saturated rings. The van der Waals surface area contributed by atoms with Gasteiger partial charge in [0, 0.05) is 13.6 Å². The first kappa shape index (κ1) is 14.8. The van der Waals surface area contributed by atoms with Crippen molar-refractivity contribution in [2.75, 3.05) is 13.6 Å². The van der Waals surface area contributed by atoms with E-state index in [0.29, 0.717) is 6.54 Å². The van der Waals surface area contributed by atoms with Gasteiger partial charge >= 0.3 is 12.0 Å². The Morgan fingerprint density at radius 2 is 1.94 bits per heavy atom. The van der Waals surface area contributed by atoms with Gasteiger partial charge in [-0.3, -0.25) is 0 Å².